The molecule has 0 aliphatic heterocycles. The van der Waals surface area contributed by atoms with E-state index in [-0.39, 0.29) is 0 Å². The molecular formula is C18H29N3. The largest absolute Gasteiger partial charge is 0.398 e. The average Bonchev–Trinajstić information content (AvgIpc) is 2.52. The zero-order valence-electron chi connectivity index (χ0n) is 13.7. The Hall–Kier alpha value is -1.51. The summed E-state index contributed by atoms with van der Waals surface area (Å²) in [6.45, 7) is 7.44. The number of rotatable bonds is 5. The molecule has 0 amide bonds. The van der Waals surface area contributed by atoms with Gasteiger partial charge in [-0.1, -0.05) is 37.8 Å². The van der Waals surface area contributed by atoms with Crippen LogP contribution in [0.15, 0.2) is 23.3 Å². The molecule has 1 fully saturated rings. The number of aryl methyl sites for hydroxylation is 1. The van der Waals surface area contributed by atoms with Gasteiger partial charge in [-0.15, -0.1) is 0 Å². The van der Waals surface area contributed by atoms with Crippen molar-refractivity contribution in [2.75, 3.05) is 12.3 Å². The van der Waals surface area contributed by atoms with Crippen LogP contribution in [0.3, 0.4) is 0 Å². The molecule has 2 N–H and O–H groups in total. The van der Waals surface area contributed by atoms with E-state index in [9.17, 15) is 0 Å². The molecule has 3 nitrogen and oxygen atoms in total. The minimum Gasteiger partial charge on any atom is -0.398 e. The molecule has 0 aromatic heterocycles. The van der Waals surface area contributed by atoms with Crippen molar-refractivity contribution in [3.63, 3.8) is 0 Å². The Morgan fingerprint density at radius 2 is 1.95 bits per heavy atom. The maximum Gasteiger partial charge on any atom is 0.0695 e. The van der Waals surface area contributed by atoms with Crippen LogP contribution in [0.2, 0.25) is 0 Å². The molecule has 3 heteroatoms. The van der Waals surface area contributed by atoms with Crippen molar-refractivity contribution in [1.82, 2.24) is 5.01 Å². The lowest BCUT2D eigenvalue weighted by Gasteiger charge is -2.32. The van der Waals surface area contributed by atoms with Gasteiger partial charge in [0.1, 0.15) is 0 Å². The zero-order valence-corrected chi connectivity index (χ0v) is 13.7. The third-order valence-electron chi connectivity index (χ3n) is 4.42. The molecule has 0 bridgehead atoms. The predicted octanol–water partition coefficient (Wildman–Crippen LogP) is 4.35. The molecule has 1 aliphatic carbocycles. The van der Waals surface area contributed by atoms with Crippen molar-refractivity contribution in [3.8, 4) is 0 Å². The number of hydrazone groups is 1. The van der Waals surface area contributed by atoms with Crippen LogP contribution in [-0.2, 0) is 0 Å². The van der Waals surface area contributed by atoms with E-state index in [1.54, 1.807) is 0 Å². The molecule has 0 radical (unpaired) electrons. The second-order valence-corrected chi connectivity index (χ2v) is 6.04. The first-order valence-corrected chi connectivity index (χ1v) is 8.36. The maximum atomic E-state index is 6.16. The molecule has 0 heterocycles. The summed E-state index contributed by atoms with van der Waals surface area (Å²) in [5.74, 6) is 0. The molecule has 116 valence electrons. The lowest BCUT2D eigenvalue weighted by atomic mass is 9.95. The second-order valence-electron chi connectivity index (χ2n) is 6.04. The van der Waals surface area contributed by atoms with Crippen LogP contribution >= 0.6 is 0 Å². The molecule has 0 spiro atoms. The van der Waals surface area contributed by atoms with Crippen molar-refractivity contribution in [1.29, 1.82) is 0 Å². The van der Waals surface area contributed by atoms with Crippen molar-refractivity contribution in [2.24, 2.45) is 5.10 Å². The molecule has 0 unspecified atom stereocenters. The van der Waals surface area contributed by atoms with Gasteiger partial charge in [0.2, 0.25) is 0 Å². The third kappa shape index (κ3) is 3.99. The smallest absolute Gasteiger partial charge is 0.0695 e. The van der Waals surface area contributed by atoms with Gasteiger partial charge in [0, 0.05) is 23.8 Å². The molecular weight excluding hydrogens is 258 g/mol. The molecule has 2 rings (SSSR count). The Labute approximate surface area is 129 Å². The van der Waals surface area contributed by atoms with Gasteiger partial charge in [-0.2, -0.15) is 5.10 Å². The van der Waals surface area contributed by atoms with E-state index in [0.717, 1.165) is 29.9 Å². The standard InChI is InChI=1S/C18H29N3/c1-4-18(16-13-14(3)11-12-17(16)19)20-21(5-2)15-9-7-6-8-10-15/h11-13,15H,4-10,19H2,1-3H3/b20-18+. The van der Waals surface area contributed by atoms with Crippen molar-refractivity contribution in [3.05, 3.63) is 29.3 Å². The van der Waals surface area contributed by atoms with Crippen LogP contribution in [0.4, 0.5) is 5.69 Å². The van der Waals surface area contributed by atoms with Gasteiger partial charge in [0.15, 0.2) is 0 Å². The van der Waals surface area contributed by atoms with Crippen LogP contribution < -0.4 is 5.73 Å². The van der Waals surface area contributed by atoms with E-state index in [4.69, 9.17) is 10.8 Å². The second kappa shape index (κ2) is 7.48. The number of hydrogen-bond donors (Lipinski definition) is 1. The van der Waals surface area contributed by atoms with Crippen LogP contribution in [-0.4, -0.2) is 23.3 Å². The third-order valence-corrected chi connectivity index (χ3v) is 4.42. The van der Waals surface area contributed by atoms with Gasteiger partial charge in [-0.25, -0.2) is 0 Å². The lowest BCUT2D eigenvalue weighted by molar-refractivity contribution is 0.170. The number of nitrogens with two attached hydrogens (primary N) is 1. The van der Waals surface area contributed by atoms with Gasteiger partial charge < -0.3 is 5.73 Å². The fourth-order valence-electron chi connectivity index (χ4n) is 3.18. The topological polar surface area (TPSA) is 41.6 Å². The van der Waals surface area contributed by atoms with E-state index in [1.165, 1.54) is 37.7 Å². The maximum absolute atomic E-state index is 6.16. The highest BCUT2D eigenvalue weighted by Gasteiger charge is 2.19. The average molecular weight is 287 g/mol. The number of nitrogens with zero attached hydrogens (tertiary/aromatic N) is 2. The summed E-state index contributed by atoms with van der Waals surface area (Å²) in [7, 11) is 0. The van der Waals surface area contributed by atoms with Gasteiger partial charge in [-0.05, 0) is 45.2 Å². The fourth-order valence-corrected chi connectivity index (χ4v) is 3.18. The van der Waals surface area contributed by atoms with Crippen molar-refractivity contribution >= 4 is 11.4 Å². The monoisotopic (exact) mass is 287 g/mol. The highest BCUT2D eigenvalue weighted by Crippen LogP contribution is 2.24. The van der Waals surface area contributed by atoms with Gasteiger partial charge in [-0.3, -0.25) is 5.01 Å². The van der Waals surface area contributed by atoms with Gasteiger partial charge >= 0.3 is 0 Å². The van der Waals surface area contributed by atoms with Crippen LogP contribution in [0.1, 0.15) is 63.5 Å². The van der Waals surface area contributed by atoms with Crippen LogP contribution in [0.25, 0.3) is 0 Å². The summed E-state index contributed by atoms with van der Waals surface area (Å²) in [4.78, 5) is 0. The summed E-state index contributed by atoms with van der Waals surface area (Å²) in [6, 6.07) is 6.82. The number of anilines is 1. The number of nitrogen functional groups attached to an aromatic ring is 1. The summed E-state index contributed by atoms with van der Waals surface area (Å²) < 4.78 is 0. The Morgan fingerprint density at radius 1 is 1.24 bits per heavy atom. The zero-order chi connectivity index (χ0) is 15.2. The lowest BCUT2D eigenvalue weighted by Crippen LogP contribution is -2.33. The molecule has 21 heavy (non-hydrogen) atoms. The van der Waals surface area contributed by atoms with Gasteiger partial charge in [0.05, 0.1) is 5.71 Å². The van der Waals surface area contributed by atoms with E-state index in [2.05, 4.69) is 37.9 Å². The summed E-state index contributed by atoms with van der Waals surface area (Å²) in [5.41, 5.74) is 10.5. The Balaban J connectivity index is 2.26. The Bertz CT molecular complexity index is 487. The Kier molecular flexibility index (Phi) is 5.66. The van der Waals surface area contributed by atoms with Crippen molar-refractivity contribution < 1.29 is 0 Å². The quantitative estimate of drug-likeness (QED) is 0.497. The summed E-state index contributed by atoms with van der Waals surface area (Å²) >= 11 is 0. The predicted molar refractivity (Wildman–Crippen MR) is 91.7 cm³/mol. The van der Waals surface area contributed by atoms with Gasteiger partial charge in [0.25, 0.3) is 0 Å². The van der Waals surface area contributed by atoms with E-state index < -0.39 is 0 Å². The molecule has 1 saturated carbocycles. The normalized spacial score (nSPS) is 17.0. The minimum absolute atomic E-state index is 0.608. The molecule has 1 aromatic rings. The Morgan fingerprint density at radius 3 is 2.57 bits per heavy atom. The first kappa shape index (κ1) is 15.9. The van der Waals surface area contributed by atoms with E-state index >= 15 is 0 Å². The molecule has 1 aromatic carbocycles. The first-order chi connectivity index (χ1) is 10.2. The summed E-state index contributed by atoms with van der Waals surface area (Å²) in [6.07, 6.45) is 7.52. The van der Waals surface area contributed by atoms with E-state index in [0.29, 0.717) is 6.04 Å². The number of benzene rings is 1. The molecule has 0 saturated heterocycles. The van der Waals surface area contributed by atoms with E-state index in [1.807, 2.05) is 6.07 Å². The highest BCUT2D eigenvalue weighted by atomic mass is 15.5. The van der Waals surface area contributed by atoms with Crippen LogP contribution in [0.5, 0.6) is 0 Å². The first-order valence-electron chi connectivity index (χ1n) is 8.36. The number of hydrogen-bond acceptors (Lipinski definition) is 3. The SMILES string of the molecule is CC/C(=N\N(CC)C1CCCCC1)c1cc(C)ccc1N. The molecule has 1 aliphatic rings. The highest BCUT2D eigenvalue weighted by molar-refractivity contribution is 6.04. The van der Waals surface area contributed by atoms with Crippen molar-refractivity contribution in [2.45, 2.75) is 65.3 Å². The van der Waals surface area contributed by atoms with Crippen LogP contribution in [0, 0.1) is 6.92 Å². The minimum atomic E-state index is 0.608. The molecule has 0 atom stereocenters. The summed E-state index contributed by atoms with van der Waals surface area (Å²) in [5, 5.41) is 7.27. The fraction of sp³-hybridized carbons (Fsp3) is 0.611.